The van der Waals surface area contributed by atoms with Crippen molar-refractivity contribution in [2.45, 2.75) is 17.2 Å². The summed E-state index contributed by atoms with van der Waals surface area (Å²) in [5, 5.41) is 3.90. The third-order valence-electron chi connectivity index (χ3n) is 3.73. The molecule has 0 aliphatic carbocycles. The van der Waals surface area contributed by atoms with Crippen molar-refractivity contribution in [2.75, 3.05) is 6.54 Å². The number of imidazole rings is 1. The number of carbonyl (C=O) groups excluding carboxylic acids is 2. The molecule has 3 heterocycles. The molecule has 0 bridgehead atoms. The minimum absolute atomic E-state index is 0.210. The fraction of sp³-hybridized carbons (Fsp3) is 0.118. The average Bonchev–Trinajstić information content (AvgIpc) is 3.27. The highest BCUT2D eigenvalue weighted by Gasteiger charge is 2.32. The third-order valence-corrected chi connectivity index (χ3v) is 4.54. The van der Waals surface area contributed by atoms with Crippen LogP contribution in [0, 0.1) is 0 Å². The van der Waals surface area contributed by atoms with E-state index in [0.29, 0.717) is 17.4 Å². The van der Waals surface area contributed by atoms with Crippen LogP contribution in [-0.2, 0) is 4.79 Å². The highest BCUT2D eigenvalue weighted by atomic mass is 32.2. The third kappa shape index (κ3) is 2.91. The van der Waals surface area contributed by atoms with E-state index in [4.69, 9.17) is 4.42 Å². The molecule has 3 aromatic rings. The van der Waals surface area contributed by atoms with Gasteiger partial charge in [-0.2, -0.15) is 0 Å². The number of nitrogens with one attached hydrogen (secondary N) is 2. The second-order valence-corrected chi connectivity index (χ2v) is 6.35. The maximum Gasteiger partial charge on any atom is 0.328 e. The number of hydrogen-bond acceptors (Lipinski definition) is 5. The number of urea groups is 1. The molecule has 0 unspecified atom stereocenters. The molecule has 0 radical (unpaired) electrons. The molecule has 0 atom stereocenters. The number of likely N-dealkylation sites (N-methyl/N-ethyl adjacent to an activating group) is 1. The summed E-state index contributed by atoms with van der Waals surface area (Å²) in [4.78, 5) is 32.5. The van der Waals surface area contributed by atoms with Crippen molar-refractivity contribution in [3.05, 3.63) is 47.9 Å². The van der Waals surface area contributed by atoms with Gasteiger partial charge in [0.1, 0.15) is 11.5 Å². The van der Waals surface area contributed by atoms with E-state index >= 15 is 0 Å². The van der Waals surface area contributed by atoms with Crippen LogP contribution in [0.15, 0.2) is 56.8 Å². The summed E-state index contributed by atoms with van der Waals surface area (Å²) in [5.74, 6) is 0.135. The Balaban J connectivity index is 1.53. The second-order valence-electron chi connectivity index (χ2n) is 5.36. The van der Waals surface area contributed by atoms with E-state index in [-0.39, 0.29) is 11.6 Å². The summed E-state index contributed by atoms with van der Waals surface area (Å²) in [6.45, 7) is 2.07. The highest BCUT2D eigenvalue weighted by Crippen LogP contribution is 2.29. The van der Waals surface area contributed by atoms with Gasteiger partial charge in [0.25, 0.3) is 5.91 Å². The molecule has 1 aliphatic heterocycles. The summed E-state index contributed by atoms with van der Waals surface area (Å²) >= 11 is 1.35. The molecule has 1 fully saturated rings. The summed E-state index contributed by atoms with van der Waals surface area (Å²) in [5.41, 5.74) is 2.05. The Bertz CT molecular complexity index is 971. The highest BCUT2D eigenvalue weighted by molar-refractivity contribution is 7.99. The van der Waals surface area contributed by atoms with Gasteiger partial charge in [0.05, 0.1) is 11.0 Å². The van der Waals surface area contributed by atoms with Crippen molar-refractivity contribution < 1.29 is 14.0 Å². The molecular formula is C17H14N4O3S. The largest absolute Gasteiger partial charge is 0.450 e. The van der Waals surface area contributed by atoms with Crippen LogP contribution in [0.4, 0.5) is 4.79 Å². The van der Waals surface area contributed by atoms with E-state index in [1.807, 2.05) is 24.3 Å². The van der Waals surface area contributed by atoms with Crippen LogP contribution in [0.1, 0.15) is 12.7 Å². The first-order chi connectivity index (χ1) is 12.1. The van der Waals surface area contributed by atoms with Crippen molar-refractivity contribution in [3.8, 4) is 0 Å². The lowest BCUT2D eigenvalue weighted by Crippen LogP contribution is -2.30. The number of imide groups is 1. The van der Waals surface area contributed by atoms with Gasteiger partial charge < -0.3 is 14.7 Å². The number of benzene rings is 1. The van der Waals surface area contributed by atoms with E-state index in [1.54, 1.807) is 19.1 Å². The number of aromatic amines is 1. The predicted molar refractivity (Wildman–Crippen MR) is 92.8 cm³/mol. The normalized spacial score (nSPS) is 16.2. The van der Waals surface area contributed by atoms with Crippen LogP contribution in [0.25, 0.3) is 17.1 Å². The maximum atomic E-state index is 12.1. The van der Waals surface area contributed by atoms with Crippen LogP contribution in [0.3, 0.4) is 0 Å². The van der Waals surface area contributed by atoms with E-state index in [0.717, 1.165) is 21.1 Å². The Morgan fingerprint density at radius 3 is 2.84 bits per heavy atom. The molecule has 2 N–H and O–H groups in total. The fourth-order valence-corrected chi connectivity index (χ4v) is 3.31. The number of nitrogens with zero attached hydrogens (tertiary/aromatic N) is 2. The van der Waals surface area contributed by atoms with Crippen molar-refractivity contribution in [3.63, 3.8) is 0 Å². The number of H-pyrrole nitrogens is 1. The maximum absolute atomic E-state index is 12.1. The summed E-state index contributed by atoms with van der Waals surface area (Å²) in [6, 6.07) is 10.9. The van der Waals surface area contributed by atoms with Crippen LogP contribution in [-0.4, -0.2) is 33.4 Å². The lowest BCUT2D eigenvalue weighted by Gasteiger charge is -2.05. The van der Waals surface area contributed by atoms with Gasteiger partial charge in [-0.05, 0) is 43.0 Å². The number of amides is 3. The minimum atomic E-state index is -0.415. The molecule has 2 aromatic heterocycles. The van der Waals surface area contributed by atoms with Crippen LogP contribution in [0.2, 0.25) is 0 Å². The zero-order chi connectivity index (χ0) is 17.4. The number of furan rings is 1. The van der Waals surface area contributed by atoms with E-state index in [9.17, 15) is 9.59 Å². The van der Waals surface area contributed by atoms with E-state index < -0.39 is 6.03 Å². The quantitative estimate of drug-likeness (QED) is 0.554. The first-order valence-corrected chi connectivity index (χ1v) is 8.52. The summed E-state index contributed by atoms with van der Waals surface area (Å²) < 4.78 is 5.70. The first kappa shape index (κ1) is 15.5. The Hall–Kier alpha value is -3.00. The van der Waals surface area contributed by atoms with Crippen molar-refractivity contribution >= 4 is 40.8 Å². The summed E-state index contributed by atoms with van der Waals surface area (Å²) in [6.07, 6.45) is 1.53. The van der Waals surface area contributed by atoms with Gasteiger partial charge in [-0.15, -0.1) is 0 Å². The summed E-state index contributed by atoms with van der Waals surface area (Å²) in [7, 11) is 0. The number of para-hydroxylation sites is 2. The van der Waals surface area contributed by atoms with Gasteiger partial charge in [-0.3, -0.25) is 9.69 Å². The Labute approximate surface area is 147 Å². The zero-order valence-corrected chi connectivity index (χ0v) is 14.1. The molecule has 4 rings (SSSR count). The number of rotatable bonds is 4. The Morgan fingerprint density at radius 2 is 2.08 bits per heavy atom. The Morgan fingerprint density at radius 1 is 1.24 bits per heavy atom. The molecule has 0 spiro atoms. The van der Waals surface area contributed by atoms with Gasteiger partial charge in [0.15, 0.2) is 10.2 Å². The molecule has 1 saturated heterocycles. The van der Waals surface area contributed by atoms with Crippen molar-refractivity contribution in [1.82, 2.24) is 20.2 Å². The molecule has 126 valence electrons. The fourth-order valence-electron chi connectivity index (χ4n) is 2.54. The van der Waals surface area contributed by atoms with Gasteiger partial charge in [0.2, 0.25) is 0 Å². The number of aromatic nitrogens is 2. The molecule has 7 nitrogen and oxygen atoms in total. The van der Waals surface area contributed by atoms with Gasteiger partial charge in [0, 0.05) is 12.6 Å². The molecule has 1 aliphatic rings. The van der Waals surface area contributed by atoms with Crippen LogP contribution < -0.4 is 5.32 Å². The second kappa shape index (κ2) is 6.14. The van der Waals surface area contributed by atoms with Crippen molar-refractivity contribution in [2.24, 2.45) is 0 Å². The zero-order valence-electron chi connectivity index (χ0n) is 13.3. The smallest absolute Gasteiger partial charge is 0.328 e. The first-order valence-electron chi connectivity index (χ1n) is 7.71. The van der Waals surface area contributed by atoms with Crippen LogP contribution >= 0.6 is 11.8 Å². The molecule has 0 saturated carbocycles. The lowest BCUT2D eigenvalue weighted by molar-refractivity contribution is -0.122. The predicted octanol–water partition coefficient (Wildman–Crippen LogP) is 3.22. The Kier molecular flexibility index (Phi) is 3.81. The SMILES string of the molecule is CCN1C(=O)N/C(=C/c2ccc(Sc3nc4ccccc4[nH]3)o2)C1=O. The van der Waals surface area contributed by atoms with Gasteiger partial charge in [-0.1, -0.05) is 12.1 Å². The molecule has 8 heteroatoms. The average molecular weight is 354 g/mol. The molecule has 1 aromatic carbocycles. The standard InChI is InChI=1S/C17H14N4O3S/c1-2-21-15(22)13(20-17(21)23)9-10-7-8-14(24-10)25-16-18-11-5-3-4-6-12(11)19-16/h3-9H,2H2,1H3,(H,18,19)(H,20,23)/b13-9+. The topological polar surface area (TPSA) is 91.2 Å². The lowest BCUT2D eigenvalue weighted by atomic mass is 10.3. The molecular weight excluding hydrogens is 340 g/mol. The van der Waals surface area contributed by atoms with Gasteiger partial charge >= 0.3 is 6.03 Å². The molecule has 3 amide bonds. The van der Waals surface area contributed by atoms with E-state index in [2.05, 4.69) is 15.3 Å². The van der Waals surface area contributed by atoms with Crippen molar-refractivity contribution in [1.29, 1.82) is 0 Å². The number of hydrogen-bond donors (Lipinski definition) is 2. The van der Waals surface area contributed by atoms with E-state index in [1.165, 1.54) is 17.8 Å². The molecule has 25 heavy (non-hydrogen) atoms. The monoisotopic (exact) mass is 354 g/mol. The number of fused-ring (bicyclic) bond motifs is 1. The van der Waals surface area contributed by atoms with Crippen LogP contribution in [0.5, 0.6) is 0 Å². The number of carbonyl (C=O) groups is 2. The van der Waals surface area contributed by atoms with Gasteiger partial charge in [-0.25, -0.2) is 9.78 Å². The minimum Gasteiger partial charge on any atom is -0.450 e.